The minimum Gasteiger partial charge on any atom is -0.481 e. The van der Waals surface area contributed by atoms with Crippen molar-refractivity contribution in [1.29, 1.82) is 0 Å². The summed E-state index contributed by atoms with van der Waals surface area (Å²) >= 11 is 0. The van der Waals surface area contributed by atoms with Crippen molar-refractivity contribution in [3.8, 4) is 5.69 Å². The Balaban J connectivity index is 1.76. The van der Waals surface area contributed by atoms with E-state index in [1.54, 1.807) is 0 Å². The van der Waals surface area contributed by atoms with E-state index in [4.69, 9.17) is 5.11 Å². The molecule has 0 aliphatic carbocycles. The molecule has 22 heavy (non-hydrogen) atoms. The summed E-state index contributed by atoms with van der Waals surface area (Å²) in [6.07, 6.45) is 2.77. The monoisotopic (exact) mass is 300 g/mol. The molecule has 1 aromatic heterocycles. The number of aliphatic carboxylic acids is 1. The van der Waals surface area contributed by atoms with Gasteiger partial charge in [0.2, 0.25) is 5.82 Å². The Hall–Kier alpha value is -2.70. The summed E-state index contributed by atoms with van der Waals surface area (Å²) in [6, 6.07) is 9.38. The summed E-state index contributed by atoms with van der Waals surface area (Å²) in [5.41, 5.74) is 0.816. The molecule has 0 spiro atoms. The molecule has 1 aliphatic heterocycles. The molecule has 2 aromatic rings. The summed E-state index contributed by atoms with van der Waals surface area (Å²) in [5.74, 6) is -1.59. The number of carbonyl (C=O) groups excluding carboxylic acids is 1. The van der Waals surface area contributed by atoms with Gasteiger partial charge in [-0.2, -0.15) is 0 Å². The van der Waals surface area contributed by atoms with Gasteiger partial charge in [0, 0.05) is 13.1 Å². The molecule has 114 valence electrons. The average molecular weight is 300 g/mol. The number of nitrogens with zero attached hydrogens (tertiary/aromatic N) is 4. The van der Waals surface area contributed by atoms with Crippen LogP contribution in [0.4, 0.5) is 0 Å². The van der Waals surface area contributed by atoms with Gasteiger partial charge in [0.05, 0.1) is 11.6 Å². The van der Waals surface area contributed by atoms with Crippen molar-refractivity contribution in [2.24, 2.45) is 5.92 Å². The molecule has 1 unspecified atom stereocenters. The number of hydrogen-bond acceptors (Lipinski definition) is 4. The smallest absolute Gasteiger partial charge is 0.308 e. The first-order valence-corrected chi connectivity index (χ1v) is 7.14. The van der Waals surface area contributed by atoms with Crippen LogP contribution >= 0.6 is 0 Å². The molecule has 1 fully saturated rings. The van der Waals surface area contributed by atoms with E-state index in [9.17, 15) is 9.59 Å². The lowest BCUT2D eigenvalue weighted by Crippen LogP contribution is -2.42. The second-order valence-electron chi connectivity index (χ2n) is 5.28. The van der Waals surface area contributed by atoms with E-state index in [-0.39, 0.29) is 18.3 Å². The molecule has 1 amide bonds. The highest BCUT2D eigenvalue weighted by Gasteiger charge is 2.30. The molecule has 1 N–H and O–H groups in total. The van der Waals surface area contributed by atoms with E-state index in [1.165, 1.54) is 15.9 Å². The molecule has 0 bridgehead atoms. The first kappa shape index (κ1) is 14.2. The van der Waals surface area contributed by atoms with Crippen molar-refractivity contribution in [3.05, 3.63) is 42.5 Å². The van der Waals surface area contributed by atoms with Crippen LogP contribution in [0.15, 0.2) is 36.7 Å². The third kappa shape index (κ3) is 2.83. The minimum absolute atomic E-state index is 0.0925. The van der Waals surface area contributed by atoms with E-state index >= 15 is 0 Å². The molecule has 7 nitrogen and oxygen atoms in total. The number of rotatable bonds is 3. The first-order chi connectivity index (χ1) is 10.6. The highest BCUT2D eigenvalue weighted by Crippen LogP contribution is 2.18. The molecule has 1 saturated heterocycles. The number of hydrogen-bond donors (Lipinski definition) is 1. The highest BCUT2D eigenvalue weighted by molar-refractivity contribution is 5.90. The molecule has 1 aromatic carbocycles. The van der Waals surface area contributed by atoms with Crippen molar-refractivity contribution in [2.45, 2.75) is 12.8 Å². The van der Waals surface area contributed by atoms with Crippen molar-refractivity contribution in [1.82, 2.24) is 19.7 Å². The number of para-hydroxylation sites is 1. The molecular formula is C15H16N4O3. The van der Waals surface area contributed by atoms with E-state index in [0.29, 0.717) is 19.4 Å². The Morgan fingerprint density at radius 1 is 1.23 bits per heavy atom. The average Bonchev–Trinajstić information content (AvgIpc) is 3.05. The standard InChI is InChI=1S/C15H16N4O3/c20-14(18-8-4-5-11(9-18)15(21)22)13-16-10-19(17-13)12-6-2-1-3-7-12/h1-3,6-7,10-11H,4-5,8-9H2,(H,21,22). The summed E-state index contributed by atoms with van der Waals surface area (Å²) in [7, 11) is 0. The van der Waals surface area contributed by atoms with Gasteiger partial charge >= 0.3 is 5.97 Å². The predicted octanol–water partition coefficient (Wildman–Crippen LogP) is 1.20. The lowest BCUT2D eigenvalue weighted by atomic mass is 9.98. The number of amides is 1. The number of likely N-dealkylation sites (tertiary alicyclic amines) is 1. The Morgan fingerprint density at radius 3 is 2.73 bits per heavy atom. The lowest BCUT2D eigenvalue weighted by Gasteiger charge is -2.29. The van der Waals surface area contributed by atoms with Crippen molar-refractivity contribution >= 4 is 11.9 Å². The van der Waals surface area contributed by atoms with Crippen LogP contribution in [0.1, 0.15) is 23.5 Å². The lowest BCUT2D eigenvalue weighted by molar-refractivity contribution is -0.143. The maximum absolute atomic E-state index is 12.4. The van der Waals surface area contributed by atoms with Crippen LogP contribution in [0.3, 0.4) is 0 Å². The number of carboxylic acid groups (broad SMARTS) is 1. The van der Waals surface area contributed by atoms with Crippen molar-refractivity contribution < 1.29 is 14.7 Å². The second kappa shape index (κ2) is 5.97. The Kier molecular flexibility index (Phi) is 3.86. The number of piperidine rings is 1. The van der Waals surface area contributed by atoms with Gasteiger partial charge in [0.25, 0.3) is 5.91 Å². The zero-order valence-electron chi connectivity index (χ0n) is 11.9. The van der Waals surface area contributed by atoms with E-state index in [2.05, 4.69) is 10.1 Å². The zero-order chi connectivity index (χ0) is 15.5. The fourth-order valence-electron chi connectivity index (χ4n) is 2.57. The first-order valence-electron chi connectivity index (χ1n) is 7.14. The second-order valence-corrected chi connectivity index (χ2v) is 5.28. The number of carboxylic acids is 1. The van der Waals surface area contributed by atoms with Gasteiger partial charge in [0.15, 0.2) is 0 Å². The van der Waals surface area contributed by atoms with Crippen LogP contribution in [0.25, 0.3) is 5.69 Å². The fraction of sp³-hybridized carbons (Fsp3) is 0.333. The predicted molar refractivity (Wildman–Crippen MR) is 77.6 cm³/mol. The van der Waals surface area contributed by atoms with E-state index in [0.717, 1.165) is 5.69 Å². The van der Waals surface area contributed by atoms with Crippen LogP contribution in [0.2, 0.25) is 0 Å². The number of aromatic nitrogens is 3. The Labute approximate surface area is 127 Å². The molecule has 7 heteroatoms. The summed E-state index contributed by atoms with van der Waals surface area (Å²) in [6.45, 7) is 0.760. The summed E-state index contributed by atoms with van der Waals surface area (Å²) < 4.78 is 1.53. The van der Waals surface area contributed by atoms with Gasteiger partial charge in [-0.25, -0.2) is 9.67 Å². The van der Waals surface area contributed by atoms with E-state index < -0.39 is 11.9 Å². The molecule has 0 radical (unpaired) electrons. The van der Waals surface area contributed by atoms with Gasteiger partial charge in [0.1, 0.15) is 6.33 Å². The fourth-order valence-corrected chi connectivity index (χ4v) is 2.57. The topological polar surface area (TPSA) is 88.3 Å². The Bertz CT molecular complexity index is 683. The quantitative estimate of drug-likeness (QED) is 0.920. The molecule has 2 heterocycles. The molecule has 0 saturated carbocycles. The third-order valence-electron chi connectivity index (χ3n) is 3.76. The van der Waals surface area contributed by atoms with Crippen LogP contribution in [0, 0.1) is 5.92 Å². The van der Waals surface area contributed by atoms with Crippen LogP contribution < -0.4 is 0 Å². The largest absolute Gasteiger partial charge is 0.481 e. The van der Waals surface area contributed by atoms with Crippen LogP contribution in [-0.2, 0) is 4.79 Å². The highest BCUT2D eigenvalue weighted by atomic mass is 16.4. The third-order valence-corrected chi connectivity index (χ3v) is 3.76. The van der Waals surface area contributed by atoms with Crippen molar-refractivity contribution in [3.63, 3.8) is 0 Å². The van der Waals surface area contributed by atoms with Crippen LogP contribution in [-0.4, -0.2) is 49.7 Å². The van der Waals surface area contributed by atoms with Gasteiger partial charge in [-0.1, -0.05) is 18.2 Å². The van der Waals surface area contributed by atoms with Gasteiger partial charge < -0.3 is 10.0 Å². The van der Waals surface area contributed by atoms with Crippen LogP contribution in [0.5, 0.6) is 0 Å². The number of benzene rings is 1. The molecule has 1 atom stereocenters. The van der Waals surface area contributed by atoms with Gasteiger partial charge in [-0.3, -0.25) is 9.59 Å². The maximum atomic E-state index is 12.4. The molecule has 1 aliphatic rings. The Morgan fingerprint density at radius 2 is 2.00 bits per heavy atom. The number of carbonyl (C=O) groups is 2. The molecular weight excluding hydrogens is 284 g/mol. The summed E-state index contributed by atoms with van der Waals surface area (Å²) in [4.78, 5) is 29.1. The maximum Gasteiger partial charge on any atom is 0.308 e. The molecule has 3 rings (SSSR count). The SMILES string of the molecule is O=C(O)C1CCCN(C(=O)c2ncn(-c3ccccc3)n2)C1. The van der Waals surface area contributed by atoms with Crippen molar-refractivity contribution in [2.75, 3.05) is 13.1 Å². The van der Waals surface area contributed by atoms with Gasteiger partial charge in [-0.05, 0) is 25.0 Å². The zero-order valence-corrected chi connectivity index (χ0v) is 11.9. The minimum atomic E-state index is -0.861. The van der Waals surface area contributed by atoms with E-state index in [1.807, 2.05) is 30.3 Å². The normalized spacial score (nSPS) is 18.2. The van der Waals surface area contributed by atoms with Gasteiger partial charge in [-0.15, -0.1) is 5.10 Å². The summed E-state index contributed by atoms with van der Waals surface area (Å²) in [5, 5.41) is 13.3.